The molecule has 4 heteroatoms. The van der Waals surface area contributed by atoms with Gasteiger partial charge in [0, 0.05) is 45.8 Å². The molecule has 1 fully saturated rings. The molecule has 1 unspecified atom stereocenters. The third kappa shape index (κ3) is 4.47. The third-order valence-corrected chi connectivity index (χ3v) is 3.27. The molecule has 0 aromatic rings. The molecular weight excluding hydrogens is 188 g/mol. The van der Waals surface area contributed by atoms with Crippen molar-refractivity contribution in [2.75, 3.05) is 53.4 Å². The molecule has 0 radical (unpaired) electrons. The Morgan fingerprint density at radius 1 is 1.20 bits per heavy atom. The molecule has 0 spiro atoms. The maximum atomic E-state index is 3.45. The zero-order valence-corrected chi connectivity index (χ0v) is 10.7. The average molecular weight is 214 g/mol. The van der Waals surface area contributed by atoms with E-state index in [0.717, 1.165) is 26.2 Å². The van der Waals surface area contributed by atoms with Gasteiger partial charge in [0.15, 0.2) is 0 Å². The molecule has 0 saturated carbocycles. The Kier molecular flexibility index (Phi) is 5.53. The Balaban J connectivity index is 2.46. The van der Waals surface area contributed by atoms with E-state index in [4.69, 9.17) is 0 Å². The van der Waals surface area contributed by atoms with Gasteiger partial charge in [0.1, 0.15) is 0 Å². The van der Waals surface area contributed by atoms with E-state index in [1.807, 2.05) is 0 Å². The number of rotatable bonds is 1. The van der Waals surface area contributed by atoms with E-state index in [1.54, 1.807) is 0 Å². The second-order valence-electron chi connectivity index (χ2n) is 4.56. The van der Waals surface area contributed by atoms with E-state index in [0.29, 0.717) is 6.04 Å². The van der Waals surface area contributed by atoms with E-state index >= 15 is 0 Å². The predicted octanol–water partition coefficient (Wildman–Crippen LogP) is 0.0786. The van der Waals surface area contributed by atoms with E-state index in [2.05, 4.69) is 48.2 Å². The van der Waals surface area contributed by atoms with Crippen LogP contribution in [0.5, 0.6) is 0 Å². The second-order valence-corrected chi connectivity index (χ2v) is 4.56. The predicted molar refractivity (Wildman–Crippen MR) is 64.8 cm³/mol. The van der Waals surface area contributed by atoms with E-state index < -0.39 is 0 Å². The van der Waals surface area contributed by atoms with Gasteiger partial charge in [0.25, 0.3) is 0 Å². The van der Waals surface area contributed by atoms with Crippen LogP contribution in [0.25, 0.3) is 0 Å². The summed E-state index contributed by atoms with van der Waals surface area (Å²) in [4.78, 5) is 4.91. The normalized spacial score (nSPS) is 29.2. The molecular formula is C11H26N4. The number of nitrogens with zero attached hydrogens (tertiary/aromatic N) is 3. The van der Waals surface area contributed by atoms with Gasteiger partial charge in [-0.15, -0.1) is 0 Å². The highest BCUT2D eigenvalue weighted by atomic mass is 15.5. The lowest BCUT2D eigenvalue weighted by Gasteiger charge is -2.33. The maximum absolute atomic E-state index is 3.45. The number of hydrazine groups is 1. The maximum Gasteiger partial charge on any atom is 0.0339 e. The van der Waals surface area contributed by atoms with Gasteiger partial charge in [-0.1, -0.05) is 6.92 Å². The molecule has 4 nitrogen and oxygen atoms in total. The molecule has 1 aliphatic heterocycles. The summed E-state index contributed by atoms with van der Waals surface area (Å²) in [6.07, 6.45) is 0. The first-order chi connectivity index (χ1) is 7.13. The Labute approximate surface area is 94.2 Å². The highest BCUT2D eigenvalue weighted by Gasteiger charge is 2.14. The van der Waals surface area contributed by atoms with Crippen molar-refractivity contribution >= 4 is 0 Å². The van der Waals surface area contributed by atoms with Crippen molar-refractivity contribution in [2.24, 2.45) is 0 Å². The summed E-state index contributed by atoms with van der Waals surface area (Å²) in [5.41, 5.74) is 3.45. The fraction of sp³-hybridized carbons (Fsp3) is 1.00. The zero-order chi connectivity index (χ0) is 11.3. The lowest BCUT2D eigenvalue weighted by Crippen LogP contribution is -2.51. The first kappa shape index (κ1) is 12.9. The minimum atomic E-state index is 0.572. The van der Waals surface area contributed by atoms with E-state index in [1.165, 1.54) is 13.1 Å². The van der Waals surface area contributed by atoms with Gasteiger partial charge in [-0.3, -0.25) is 5.43 Å². The molecule has 90 valence electrons. The van der Waals surface area contributed by atoms with Crippen molar-refractivity contribution in [3.8, 4) is 0 Å². The molecule has 0 amide bonds. The van der Waals surface area contributed by atoms with Crippen LogP contribution < -0.4 is 5.43 Å². The van der Waals surface area contributed by atoms with Gasteiger partial charge in [0.2, 0.25) is 0 Å². The fourth-order valence-electron chi connectivity index (χ4n) is 1.95. The van der Waals surface area contributed by atoms with Crippen LogP contribution >= 0.6 is 0 Å². The summed E-state index contributed by atoms with van der Waals surface area (Å²) in [5, 5.41) is 2.23. The van der Waals surface area contributed by atoms with Crippen LogP contribution in [0, 0.1) is 0 Å². The number of hydrogen-bond acceptors (Lipinski definition) is 4. The van der Waals surface area contributed by atoms with Gasteiger partial charge < -0.3 is 9.80 Å². The first-order valence-corrected chi connectivity index (χ1v) is 6.00. The largest absolute Gasteiger partial charge is 0.303 e. The van der Waals surface area contributed by atoms with Gasteiger partial charge in [0.05, 0.1) is 0 Å². The summed E-state index contributed by atoms with van der Waals surface area (Å²) in [5.74, 6) is 0. The number of likely N-dealkylation sites (N-methyl/N-ethyl adjacent to an activating group) is 3. The molecule has 1 aliphatic rings. The molecule has 1 rings (SSSR count). The lowest BCUT2D eigenvalue weighted by atomic mass is 10.3. The molecule has 1 atom stereocenters. The second kappa shape index (κ2) is 6.43. The van der Waals surface area contributed by atoms with Crippen molar-refractivity contribution in [3.63, 3.8) is 0 Å². The summed E-state index contributed by atoms with van der Waals surface area (Å²) >= 11 is 0. The summed E-state index contributed by atoms with van der Waals surface area (Å²) in [6, 6.07) is 0.572. The van der Waals surface area contributed by atoms with Crippen LogP contribution in [0.2, 0.25) is 0 Å². The quantitative estimate of drug-likeness (QED) is 0.667. The third-order valence-electron chi connectivity index (χ3n) is 3.27. The highest BCUT2D eigenvalue weighted by molar-refractivity contribution is 4.69. The smallest absolute Gasteiger partial charge is 0.0339 e. The molecule has 0 aromatic heterocycles. The Bertz CT molecular complexity index is 172. The van der Waals surface area contributed by atoms with Crippen LogP contribution in [0.4, 0.5) is 0 Å². The van der Waals surface area contributed by atoms with Crippen LogP contribution in [-0.4, -0.2) is 74.2 Å². The monoisotopic (exact) mass is 214 g/mol. The summed E-state index contributed by atoms with van der Waals surface area (Å²) in [7, 11) is 4.34. The SMILES string of the molecule is CCN1CCNN(C)C(C)CN(C)CC1. The average Bonchev–Trinajstić information content (AvgIpc) is 2.21. The molecule has 1 N–H and O–H groups in total. The zero-order valence-electron chi connectivity index (χ0n) is 10.7. The van der Waals surface area contributed by atoms with Crippen LogP contribution in [0.3, 0.4) is 0 Å². The van der Waals surface area contributed by atoms with Crippen LogP contribution in [0.1, 0.15) is 13.8 Å². The van der Waals surface area contributed by atoms with Crippen molar-refractivity contribution < 1.29 is 0 Å². The lowest BCUT2D eigenvalue weighted by molar-refractivity contribution is 0.108. The molecule has 1 saturated heterocycles. The van der Waals surface area contributed by atoms with Crippen LogP contribution in [0.15, 0.2) is 0 Å². The Hall–Kier alpha value is -0.160. The summed E-state index contributed by atoms with van der Waals surface area (Å²) in [6.45, 7) is 11.3. The van der Waals surface area contributed by atoms with Gasteiger partial charge in [-0.2, -0.15) is 0 Å². The fourth-order valence-corrected chi connectivity index (χ4v) is 1.95. The van der Waals surface area contributed by atoms with Crippen molar-refractivity contribution in [2.45, 2.75) is 19.9 Å². The summed E-state index contributed by atoms with van der Waals surface area (Å²) < 4.78 is 0. The minimum absolute atomic E-state index is 0.572. The first-order valence-electron chi connectivity index (χ1n) is 6.00. The molecule has 0 aliphatic carbocycles. The topological polar surface area (TPSA) is 21.8 Å². The van der Waals surface area contributed by atoms with E-state index in [-0.39, 0.29) is 0 Å². The van der Waals surface area contributed by atoms with Gasteiger partial charge >= 0.3 is 0 Å². The van der Waals surface area contributed by atoms with Crippen molar-refractivity contribution in [3.05, 3.63) is 0 Å². The Morgan fingerprint density at radius 2 is 1.93 bits per heavy atom. The van der Waals surface area contributed by atoms with Gasteiger partial charge in [-0.05, 0) is 20.5 Å². The van der Waals surface area contributed by atoms with E-state index in [9.17, 15) is 0 Å². The molecule has 0 aromatic carbocycles. The highest BCUT2D eigenvalue weighted by Crippen LogP contribution is 1.98. The Morgan fingerprint density at radius 3 is 2.60 bits per heavy atom. The standard InChI is InChI=1S/C11H26N4/c1-5-15-7-6-12-14(4)11(2)10-13(3)8-9-15/h11-12H,5-10H2,1-4H3. The van der Waals surface area contributed by atoms with Gasteiger partial charge in [-0.25, -0.2) is 5.01 Å². The van der Waals surface area contributed by atoms with Crippen LogP contribution in [-0.2, 0) is 0 Å². The molecule has 15 heavy (non-hydrogen) atoms. The van der Waals surface area contributed by atoms with Crippen molar-refractivity contribution in [1.82, 2.24) is 20.2 Å². The van der Waals surface area contributed by atoms with Crippen molar-refractivity contribution in [1.29, 1.82) is 0 Å². The minimum Gasteiger partial charge on any atom is -0.303 e. The molecule has 0 bridgehead atoms. The molecule has 1 heterocycles. The number of nitrogens with one attached hydrogen (secondary N) is 1. The number of hydrogen-bond donors (Lipinski definition) is 1.